The van der Waals surface area contributed by atoms with Crippen LogP contribution in [-0.2, 0) is 0 Å². The van der Waals surface area contributed by atoms with Crippen LogP contribution in [0.3, 0.4) is 0 Å². The average molecular weight is 975 g/mol. The van der Waals surface area contributed by atoms with Gasteiger partial charge in [-0.1, -0.05) is 224 Å². The Balaban J connectivity index is 0.945. The Morgan fingerprint density at radius 3 is 1.43 bits per heavy atom. The van der Waals surface area contributed by atoms with Gasteiger partial charge in [-0.15, -0.1) is 11.3 Å². The van der Waals surface area contributed by atoms with E-state index in [4.69, 9.17) is 0 Å². The molecule has 1 aliphatic carbocycles. The molecule has 1 fully saturated rings. The first-order chi connectivity index (χ1) is 36.7. The van der Waals surface area contributed by atoms with Crippen molar-refractivity contribution in [2.45, 2.75) is 0 Å². The summed E-state index contributed by atoms with van der Waals surface area (Å²) in [7, 11) is -3.13. The van der Waals surface area contributed by atoms with E-state index in [0.29, 0.717) is 0 Å². The quantitative estimate of drug-likeness (QED) is 0.126. The number of fused-ring (bicyclic) bond motifs is 19. The van der Waals surface area contributed by atoms with E-state index in [-0.39, 0.29) is 27.9 Å². The first-order valence-corrected chi connectivity index (χ1v) is 28.6. The lowest BCUT2D eigenvalue weighted by molar-refractivity contribution is 0.621. The Hall–Kier alpha value is -8.42. The molecule has 4 nitrogen and oxygen atoms in total. The van der Waals surface area contributed by atoms with Crippen LogP contribution in [0, 0.1) is 0 Å². The molecule has 10 heteroatoms. The lowest BCUT2D eigenvalue weighted by atomic mass is 9.42. The molecule has 5 aliphatic heterocycles. The highest BCUT2D eigenvalue weighted by atomic mass is 32.1. The Labute approximate surface area is 439 Å². The van der Waals surface area contributed by atoms with Crippen molar-refractivity contribution in [3.63, 3.8) is 0 Å². The van der Waals surface area contributed by atoms with Crippen LogP contribution in [-0.4, -0.2) is 54.9 Å². The first kappa shape index (κ1) is 43.2. The fourth-order valence-electron chi connectivity index (χ4n) is 12.9. The smallest absolute Gasteiger partial charge is 0.380 e. The summed E-state index contributed by atoms with van der Waals surface area (Å²) in [6.45, 7) is -0.0597. The van der Waals surface area contributed by atoms with Gasteiger partial charge in [0.05, 0.1) is 0 Å². The van der Waals surface area contributed by atoms with E-state index in [1.165, 1.54) is 96.6 Å². The molecule has 1 aromatic heterocycles. The summed E-state index contributed by atoms with van der Waals surface area (Å²) in [4.78, 5) is 0. The van der Waals surface area contributed by atoms with E-state index in [2.05, 4.69) is 298 Å². The highest BCUT2D eigenvalue weighted by Crippen LogP contribution is 2.50. The Morgan fingerprint density at radius 1 is 0.338 bits per heavy atom. The third-order valence-electron chi connectivity index (χ3n) is 16.2. The van der Waals surface area contributed by atoms with Crippen molar-refractivity contribution in [1.82, 2.24) is 18.9 Å². The molecule has 8 aromatic carbocycles. The normalized spacial score (nSPS) is 15.9. The van der Waals surface area contributed by atoms with Crippen molar-refractivity contribution in [3.05, 3.63) is 284 Å². The number of hydrogen-bond donors (Lipinski definition) is 0. The van der Waals surface area contributed by atoms with E-state index in [1.54, 1.807) is 0 Å². The molecule has 0 N–H and O–H groups in total. The summed E-state index contributed by atoms with van der Waals surface area (Å²) in [5, 5.41) is 8.01. The van der Waals surface area contributed by atoms with Crippen LogP contribution in [0.15, 0.2) is 284 Å². The highest BCUT2D eigenvalue weighted by molar-refractivity contribution is 7.26. The number of thiophene rings is 1. The monoisotopic (exact) mass is 974 g/mol. The summed E-state index contributed by atoms with van der Waals surface area (Å²) in [5.74, 6) is 9.50. The lowest BCUT2D eigenvalue weighted by Gasteiger charge is -2.54. The molecule has 0 unspecified atom stereocenters. The van der Waals surface area contributed by atoms with Crippen molar-refractivity contribution in [1.29, 1.82) is 0 Å². The van der Waals surface area contributed by atoms with Crippen LogP contribution >= 0.6 is 11.3 Å². The minimum Gasteiger partial charge on any atom is -0.423 e. The Bertz CT molecular complexity index is 3930. The maximum absolute atomic E-state index is 3.13. The van der Waals surface area contributed by atoms with Gasteiger partial charge in [0.2, 0.25) is 0 Å². The summed E-state index contributed by atoms with van der Waals surface area (Å²) in [6, 6.07) is 71.4. The zero-order valence-corrected chi connectivity index (χ0v) is 42.4. The molecular formula is C64H46B4N4SSi. The van der Waals surface area contributed by atoms with Crippen LogP contribution < -0.4 is 15.6 Å². The van der Waals surface area contributed by atoms with Gasteiger partial charge in [-0.3, -0.25) is 0 Å². The standard InChI is InChI=1S/C64H46B4N4SSi/c1-3-20-48(21-4-1)74(49-22-5-2-6-23-49,51-36-40-68-71-43-17-14-38-66(71)69-41-16-13-37-65(69)70-42-18-15-39-67(70)72(68)46-51)50-33-35-58-53-24-7-9-26-55(53)61-44-47(32-34-57(61)54-25-8-10-27-56(54)62(58)45-50)52-29-19-30-60-59-28-11-12-31-63(59)73-64(52)60/h1-46H. The van der Waals surface area contributed by atoms with Gasteiger partial charge < -0.3 is 18.9 Å². The first-order valence-electron chi connectivity index (χ1n) is 25.8. The lowest BCUT2D eigenvalue weighted by Crippen LogP contribution is -2.74. The van der Waals surface area contributed by atoms with Crippen LogP contribution in [0.5, 0.6) is 0 Å². The van der Waals surface area contributed by atoms with Crippen molar-refractivity contribution >= 4 is 83.1 Å². The summed E-state index contributed by atoms with van der Waals surface area (Å²) < 4.78 is 12.8. The average Bonchev–Trinajstić information content (AvgIpc) is 3.88. The Morgan fingerprint density at radius 2 is 0.811 bits per heavy atom. The molecule has 1 saturated heterocycles. The van der Waals surface area contributed by atoms with Crippen molar-refractivity contribution in [2.75, 3.05) is 0 Å². The molecular weight excluding hydrogens is 928 g/mol. The minimum absolute atomic E-state index is 0.0213. The van der Waals surface area contributed by atoms with Gasteiger partial charge >= 0.3 is 27.9 Å². The number of hydrogen-bond acceptors (Lipinski definition) is 5. The zero-order chi connectivity index (χ0) is 48.7. The van der Waals surface area contributed by atoms with Gasteiger partial charge in [0, 0.05) is 20.2 Å². The fraction of sp³-hybridized carbons (Fsp3) is 0. The third kappa shape index (κ3) is 6.58. The molecule has 15 rings (SSSR count). The maximum Gasteiger partial charge on any atom is 0.380 e. The topological polar surface area (TPSA) is 13.0 Å². The molecule has 0 saturated carbocycles. The van der Waals surface area contributed by atoms with E-state index in [1.807, 2.05) is 11.3 Å². The molecule has 0 atom stereocenters. The molecule has 6 heterocycles. The molecule has 0 radical (unpaired) electrons. The molecule has 0 amide bonds. The van der Waals surface area contributed by atoms with Crippen molar-refractivity contribution < 1.29 is 0 Å². The predicted octanol–water partition coefficient (Wildman–Crippen LogP) is 12.7. The van der Waals surface area contributed by atoms with Crippen molar-refractivity contribution in [3.8, 4) is 55.6 Å². The van der Waals surface area contributed by atoms with E-state index >= 15 is 0 Å². The number of rotatable bonds is 5. The molecule has 0 bridgehead atoms. The van der Waals surface area contributed by atoms with Gasteiger partial charge in [-0.25, -0.2) is 0 Å². The van der Waals surface area contributed by atoms with E-state index in [0.717, 1.165) is 0 Å². The van der Waals surface area contributed by atoms with Gasteiger partial charge in [0.25, 0.3) is 0 Å². The second-order valence-electron chi connectivity index (χ2n) is 19.9. The molecule has 9 aromatic rings. The van der Waals surface area contributed by atoms with Gasteiger partial charge in [-0.05, 0) is 132 Å². The number of nitrogens with zero attached hydrogens (tertiary/aromatic N) is 4. The second kappa shape index (κ2) is 17.4. The van der Waals surface area contributed by atoms with E-state index in [9.17, 15) is 0 Å². The SMILES string of the molecule is C1=CB2N(C=C1)B1C=CC=CN1B1C=CC([Si](c3ccccc3)(c3ccccc3)c3ccc4c(c3)-c3ccccc3-c3ccc(-c5cccc6c5sc5ccccc56)cc3-c3ccccc3-4)=CN1B1C=CC=CN21. The summed E-state index contributed by atoms with van der Waals surface area (Å²) in [5.41, 5.74) is 12.5. The predicted molar refractivity (Wildman–Crippen MR) is 320 cm³/mol. The number of benzene rings is 8. The highest BCUT2D eigenvalue weighted by Gasteiger charge is 2.52. The summed E-state index contributed by atoms with van der Waals surface area (Å²) >= 11 is 1.89. The number of allylic oxidation sites excluding steroid dienone is 8. The molecule has 6 aliphatic rings. The molecule has 0 spiro atoms. The molecule has 74 heavy (non-hydrogen) atoms. The van der Waals surface area contributed by atoms with Crippen LogP contribution in [0.4, 0.5) is 0 Å². The van der Waals surface area contributed by atoms with Crippen LogP contribution in [0.1, 0.15) is 0 Å². The summed E-state index contributed by atoms with van der Waals surface area (Å²) in [6.07, 6.45) is 25.0. The van der Waals surface area contributed by atoms with Gasteiger partial charge in [-0.2, -0.15) is 0 Å². The van der Waals surface area contributed by atoms with Crippen LogP contribution in [0.2, 0.25) is 0 Å². The van der Waals surface area contributed by atoms with Gasteiger partial charge in [0.1, 0.15) is 0 Å². The van der Waals surface area contributed by atoms with Crippen LogP contribution in [0.25, 0.3) is 75.8 Å². The third-order valence-corrected chi connectivity index (χ3v) is 22.1. The largest absolute Gasteiger partial charge is 0.423 e. The van der Waals surface area contributed by atoms with Gasteiger partial charge in [0.15, 0.2) is 8.07 Å². The second-order valence-corrected chi connectivity index (χ2v) is 24.8. The zero-order valence-electron chi connectivity index (χ0n) is 40.6. The maximum atomic E-state index is 2.62. The van der Waals surface area contributed by atoms with Crippen molar-refractivity contribution in [2.24, 2.45) is 0 Å². The fourth-order valence-corrected chi connectivity index (χ4v) is 18.9. The Kier molecular flexibility index (Phi) is 10.1. The molecule has 344 valence electrons. The van der Waals surface area contributed by atoms with E-state index < -0.39 is 8.07 Å². The minimum atomic E-state index is -3.13.